The molecule has 0 N–H and O–H groups in total. The Bertz CT molecular complexity index is 343. The van der Waals surface area contributed by atoms with E-state index in [0.29, 0.717) is 0 Å². The van der Waals surface area contributed by atoms with Crippen LogP contribution in [0.25, 0.3) is 0 Å². The maximum absolute atomic E-state index is 12.1. The van der Waals surface area contributed by atoms with Gasteiger partial charge in [-0.15, -0.1) is 0 Å². The fraction of sp³-hybridized carbons (Fsp3) is 0.947. The molecule has 0 heterocycles. The molecule has 0 amide bonds. The Balaban J connectivity index is 1.66. The highest BCUT2D eigenvalue weighted by Gasteiger charge is 2.33. The van der Waals surface area contributed by atoms with Gasteiger partial charge in [-0.25, -0.2) is 8.78 Å². The van der Waals surface area contributed by atoms with Gasteiger partial charge in [-0.2, -0.15) is 0 Å². The molecular weight excluding hydrogens is 298 g/mol. The third-order valence-electron chi connectivity index (χ3n) is 5.98. The Morgan fingerprint density at radius 1 is 1.00 bits per heavy atom. The van der Waals surface area contributed by atoms with E-state index in [1.807, 2.05) is 0 Å². The SMILES string of the molecule is CCCCC1CCC(C2CCC(C(=O)OCC(F)F)CC2)CC1. The average Bonchev–Trinajstić information content (AvgIpc) is 2.58. The Hall–Kier alpha value is -0.670. The van der Waals surface area contributed by atoms with E-state index in [9.17, 15) is 13.6 Å². The molecule has 2 saturated carbocycles. The Morgan fingerprint density at radius 3 is 2.09 bits per heavy atom. The Labute approximate surface area is 139 Å². The minimum Gasteiger partial charge on any atom is -0.459 e. The fourth-order valence-corrected chi connectivity index (χ4v) is 4.53. The lowest BCUT2D eigenvalue weighted by molar-refractivity contribution is -0.154. The van der Waals surface area contributed by atoms with E-state index in [0.717, 1.165) is 43.4 Å². The van der Waals surface area contributed by atoms with Crippen molar-refractivity contribution in [3.05, 3.63) is 0 Å². The summed E-state index contributed by atoms with van der Waals surface area (Å²) in [5.74, 6) is 1.94. The van der Waals surface area contributed by atoms with E-state index in [2.05, 4.69) is 11.7 Å². The summed E-state index contributed by atoms with van der Waals surface area (Å²) in [6.45, 7) is 1.51. The van der Waals surface area contributed by atoms with Crippen LogP contribution in [0.3, 0.4) is 0 Å². The second kappa shape index (κ2) is 9.58. The highest BCUT2D eigenvalue weighted by atomic mass is 19.3. The number of rotatable bonds is 7. The van der Waals surface area contributed by atoms with Crippen molar-refractivity contribution in [3.8, 4) is 0 Å². The number of alkyl halides is 2. The van der Waals surface area contributed by atoms with E-state index in [1.165, 1.54) is 44.9 Å². The van der Waals surface area contributed by atoms with Gasteiger partial charge in [0.1, 0.15) is 0 Å². The predicted octanol–water partition coefficient (Wildman–Crippen LogP) is 5.60. The smallest absolute Gasteiger partial charge is 0.309 e. The summed E-state index contributed by atoms with van der Waals surface area (Å²) < 4.78 is 28.9. The second-order valence-electron chi connectivity index (χ2n) is 7.56. The maximum Gasteiger partial charge on any atom is 0.309 e. The third-order valence-corrected chi connectivity index (χ3v) is 5.98. The van der Waals surface area contributed by atoms with Crippen molar-refractivity contribution in [2.45, 2.75) is 84.0 Å². The number of esters is 1. The number of halogens is 2. The lowest BCUT2D eigenvalue weighted by Crippen LogP contribution is -2.29. The molecule has 0 bridgehead atoms. The third kappa shape index (κ3) is 6.04. The van der Waals surface area contributed by atoms with Crippen LogP contribution in [0.5, 0.6) is 0 Å². The quantitative estimate of drug-likeness (QED) is 0.568. The average molecular weight is 330 g/mol. The molecule has 0 aromatic heterocycles. The first-order chi connectivity index (χ1) is 11.1. The van der Waals surface area contributed by atoms with Crippen LogP contribution in [0.4, 0.5) is 8.78 Å². The first kappa shape index (κ1) is 18.7. The molecule has 2 fully saturated rings. The molecule has 134 valence electrons. The summed E-state index contributed by atoms with van der Waals surface area (Å²) in [4.78, 5) is 11.8. The number of unbranched alkanes of at least 4 members (excludes halogenated alkanes) is 1. The van der Waals surface area contributed by atoms with Crippen LogP contribution in [0.1, 0.15) is 77.6 Å². The summed E-state index contributed by atoms with van der Waals surface area (Å²) in [5, 5.41) is 0. The van der Waals surface area contributed by atoms with Crippen molar-refractivity contribution in [2.24, 2.45) is 23.7 Å². The van der Waals surface area contributed by atoms with Gasteiger partial charge in [0.05, 0.1) is 5.92 Å². The second-order valence-corrected chi connectivity index (χ2v) is 7.56. The first-order valence-corrected chi connectivity index (χ1v) is 9.54. The van der Waals surface area contributed by atoms with Crippen LogP contribution >= 0.6 is 0 Å². The van der Waals surface area contributed by atoms with Gasteiger partial charge in [-0.05, 0) is 56.3 Å². The molecule has 0 aromatic rings. The summed E-state index contributed by atoms with van der Waals surface area (Å²) in [5.41, 5.74) is 0. The van der Waals surface area contributed by atoms with Crippen LogP contribution < -0.4 is 0 Å². The van der Waals surface area contributed by atoms with Crippen molar-refractivity contribution in [2.75, 3.05) is 6.61 Å². The van der Waals surface area contributed by atoms with E-state index < -0.39 is 19.0 Å². The zero-order chi connectivity index (χ0) is 16.7. The van der Waals surface area contributed by atoms with Crippen molar-refractivity contribution in [1.29, 1.82) is 0 Å². The molecule has 4 heteroatoms. The van der Waals surface area contributed by atoms with Crippen molar-refractivity contribution >= 4 is 5.97 Å². The van der Waals surface area contributed by atoms with Crippen LogP contribution in [0, 0.1) is 23.7 Å². The van der Waals surface area contributed by atoms with Gasteiger partial charge in [0, 0.05) is 0 Å². The zero-order valence-electron chi connectivity index (χ0n) is 14.4. The van der Waals surface area contributed by atoms with Crippen molar-refractivity contribution < 1.29 is 18.3 Å². The van der Waals surface area contributed by atoms with Crippen molar-refractivity contribution in [1.82, 2.24) is 0 Å². The normalized spacial score (nSPS) is 32.0. The van der Waals surface area contributed by atoms with E-state index >= 15 is 0 Å². The largest absolute Gasteiger partial charge is 0.459 e. The molecule has 0 aliphatic heterocycles. The van der Waals surface area contributed by atoms with Crippen LogP contribution in [0.15, 0.2) is 0 Å². The lowest BCUT2D eigenvalue weighted by atomic mass is 9.68. The molecule has 2 aliphatic carbocycles. The standard InChI is InChI=1S/C19H32F2O2/c1-2-3-4-14-5-7-15(8-6-14)16-9-11-17(12-10-16)19(22)23-13-18(20)21/h14-18H,2-13H2,1H3. The molecular formula is C19H32F2O2. The zero-order valence-corrected chi connectivity index (χ0v) is 14.4. The first-order valence-electron chi connectivity index (χ1n) is 9.54. The fourth-order valence-electron chi connectivity index (χ4n) is 4.53. The number of hydrogen-bond acceptors (Lipinski definition) is 2. The molecule has 0 radical (unpaired) electrons. The highest BCUT2D eigenvalue weighted by Crippen LogP contribution is 2.42. The van der Waals surface area contributed by atoms with Gasteiger partial charge in [0.25, 0.3) is 6.43 Å². The number of carbonyl (C=O) groups excluding carboxylic acids is 1. The van der Waals surface area contributed by atoms with Gasteiger partial charge in [-0.3, -0.25) is 4.79 Å². The molecule has 0 atom stereocenters. The van der Waals surface area contributed by atoms with Gasteiger partial charge in [0.15, 0.2) is 6.61 Å². The van der Waals surface area contributed by atoms with Crippen molar-refractivity contribution in [3.63, 3.8) is 0 Å². The highest BCUT2D eigenvalue weighted by molar-refractivity contribution is 5.72. The molecule has 0 spiro atoms. The monoisotopic (exact) mass is 330 g/mol. The Morgan fingerprint density at radius 2 is 1.57 bits per heavy atom. The summed E-state index contributed by atoms with van der Waals surface area (Å²) in [6.07, 6.45) is 10.7. The lowest BCUT2D eigenvalue weighted by Gasteiger charge is -2.37. The number of carbonyl (C=O) groups is 1. The molecule has 0 saturated heterocycles. The molecule has 2 rings (SSSR count). The van der Waals surface area contributed by atoms with Crippen LogP contribution in [-0.4, -0.2) is 19.0 Å². The molecule has 2 nitrogen and oxygen atoms in total. The van der Waals surface area contributed by atoms with Crippen LogP contribution in [0.2, 0.25) is 0 Å². The summed E-state index contributed by atoms with van der Waals surface area (Å²) in [6, 6.07) is 0. The van der Waals surface area contributed by atoms with Gasteiger partial charge in [0.2, 0.25) is 0 Å². The van der Waals surface area contributed by atoms with Gasteiger partial charge in [-0.1, -0.05) is 39.0 Å². The predicted molar refractivity (Wildman–Crippen MR) is 87.4 cm³/mol. The molecule has 0 aromatic carbocycles. The minimum absolute atomic E-state index is 0.147. The van der Waals surface area contributed by atoms with Gasteiger partial charge < -0.3 is 4.74 Å². The maximum atomic E-state index is 12.1. The molecule has 2 aliphatic rings. The van der Waals surface area contributed by atoms with E-state index in [-0.39, 0.29) is 5.92 Å². The van der Waals surface area contributed by atoms with E-state index in [1.54, 1.807) is 0 Å². The van der Waals surface area contributed by atoms with Gasteiger partial charge >= 0.3 is 5.97 Å². The molecule has 23 heavy (non-hydrogen) atoms. The summed E-state index contributed by atoms with van der Waals surface area (Å²) >= 11 is 0. The number of hydrogen-bond donors (Lipinski definition) is 0. The van der Waals surface area contributed by atoms with Crippen LogP contribution in [-0.2, 0) is 9.53 Å². The number of ether oxygens (including phenoxy) is 1. The summed E-state index contributed by atoms with van der Waals surface area (Å²) in [7, 11) is 0. The minimum atomic E-state index is -2.56. The Kier molecular flexibility index (Phi) is 7.78. The molecule has 0 unspecified atom stereocenters. The topological polar surface area (TPSA) is 26.3 Å². The van der Waals surface area contributed by atoms with E-state index in [4.69, 9.17) is 0 Å².